The maximum absolute atomic E-state index is 13.0. The Morgan fingerprint density at radius 2 is 1.89 bits per heavy atom. The molecule has 8 heteroatoms. The van der Waals surface area contributed by atoms with Gasteiger partial charge >= 0.3 is 0 Å². The van der Waals surface area contributed by atoms with E-state index in [-0.39, 0.29) is 35.4 Å². The lowest BCUT2D eigenvalue weighted by atomic mass is 9.92. The predicted molar refractivity (Wildman–Crippen MR) is 101 cm³/mol. The Bertz CT molecular complexity index is 759. The van der Waals surface area contributed by atoms with Gasteiger partial charge < -0.3 is 15.2 Å². The average molecular weight is 397 g/mol. The minimum Gasteiger partial charge on any atom is -0.495 e. The number of carbonyl (C=O) groups excluding carboxylic acids is 1. The molecule has 2 aliphatic rings. The van der Waals surface area contributed by atoms with Gasteiger partial charge in [0.2, 0.25) is 15.9 Å². The summed E-state index contributed by atoms with van der Waals surface area (Å²) in [6, 6.07) is 6.62. The predicted octanol–water partition coefficient (Wildman–Crippen LogP) is 1.52. The van der Waals surface area contributed by atoms with Crippen molar-refractivity contribution in [1.29, 1.82) is 0 Å². The Labute approximate surface area is 160 Å². The van der Waals surface area contributed by atoms with Crippen molar-refractivity contribution in [2.24, 2.45) is 5.92 Å². The highest BCUT2D eigenvalue weighted by Crippen LogP contribution is 2.30. The van der Waals surface area contributed by atoms with Gasteiger partial charge in [-0.3, -0.25) is 4.79 Å². The molecule has 3 rings (SSSR count). The van der Waals surface area contributed by atoms with Crippen LogP contribution < -0.4 is 10.1 Å². The van der Waals surface area contributed by atoms with Gasteiger partial charge in [0, 0.05) is 19.1 Å². The minimum absolute atomic E-state index is 0.0714. The molecule has 0 spiro atoms. The molecule has 1 atom stereocenters. The number of aliphatic hydroxyl groups excluding tert-OH is 1. The molecule has 2 fully saturated rings. The number of nitrogens with zero attached hydrogens (tertiary/aromatic N) is 1. The number of piperidine rings is 1. The van der Waals surface area contributed by atoms with Gasteiger partial charge in [-0.05, 0) is 50.7 Å². The van der Waals surface area contributed by atoms with Gasteiger partial charge in [0.05, 0.1) is 19.1 Å². The number of hydrogen-bond donors (Lipinski definition) is 2. The number of rotatable bonds is 5. The van der Waals surface area contributed by atoms with E-state index in [0.29, 0.717) is 38.0 Å². The zero-order valence-electron chi connectivity index (χ0n) is 15.6. The summed E-state index contributed by atoms with van der Waals surface area (Å²) in [4.78, 5) is 12.8. The number of amides is 1. The molecule has 27 heavy (non-hydrogen) atoms. The quantitative estimate of drug-likeness (QED) is 0.787. The first-order valence-corrected chi connectivity index (χ1v) is 11.0. The molecule has 2 N–H and O–H groups in total. The lowest BCUT2D eigenvalue weighted by Gasteiger charge is -2.33. The summed E-state index contributed by atoms with van der Waals surface area (Å²) in [5.74, 6) is -0.128. The summed E-state index contributed by atoms with van der Waals surface area (Å²) >= 11 is 0. The Morgan fingerprint density at radius 3 is 2.59 bits per heavy atom. The van der Waals surface area contributed by atoms with Crippen LogP contribution in [0.3, 0.4) is 0 Å². The molecule has 1 aliphatic heterocycles. The summed E-state index contributed by atoms with van der Waals surface area (Å²) in [6.07, 6.45) is 3.99. The van der Waals surface area contributed by atoms with Crippen molar-refractivity contribution < 1.29 is 23.1 Å². The van der Waals surface area contributed by atoms with E-state index in [9.17, 15) is 18.3 Å². The van der Waals surface area contributed by atoms with E-state index < -0.39 is 10.0 Å². The maximum Gasteiger partial charge on any atom is 0.246 e. The van der Waals surface area contributed by atoms with Crippen LogP contribution in [0.25, 0.3) is 0 Å². The normalized spacial score (nSPS) is 27.1. The highest BCUT2D eigenvalue weighted by Gasteiger charge is 2.35. The Balaban J connectivity index is 1.67. The molecule has 1 aromatic carbocycles. The van der Waals surface area contributed by atoms with Crippen molar-refractivity contribution >= 4 is 15.9 Å². The summed E-state index contributed by atoms with van der Waals surface area (Å²) in [5.41, 5.74) is 0. The van der Waals surface area contributed by atoms with Gasteiger partial charge in [0.15, 0.2) is 0 Å². The first-order valence-electron chi connectivity index (χ1n) is 9.53. The van der Waals surface area contributed by atoms with E-state index >= 15 is 0 Å². The molecule has 0 bridgehead atoms. The number of ether oxygens (including phenoxy) is 1. The summed E-state index contributed by atoms with van der Waals surface area (Å²) < 4.78 is 32.7. The molecular weight excluding hydrogens is 368 g/mol. The maximum atomic E-state index is 13.0. The lowest BCUT2D eigenvalue weighted by Crippen LogP contribution is -2.48. The van der Waals surface area contributed by atoms with Gasteiger partial charge in [-0.2, -0.15) is 4.31 Å². The molecule has 1 aromatic rings. The monoisotopic (exact) mass is 396 g/mol. The fourth-order valence-electron chi connectivity index (χ4n) is 3.88. The van der Waals surface area contributed by atoms with Gasteiger partial charge in [0.1, 0.15) is 10.6 Å². The average Bonchev–Trinajstić information content (AvgIpc) is 2.69. The van der Waals surface area contributed by atoms with Crippen molar-refractivity contribution in [2.45, 2.75) is 55.6 Å². The number of hydrogen-bond acceptors (Lipinski definition) is 5. The number of carbonyl (C=O) groups is 1. The molecule has 1 heterocycles. The molecule has 150 valence electrons. The Hall–Kier alpha value is -1.64. The van der Waals surface area contributed by atoms with Crippen molar-refractivity contribution in [3.05, 3.63) is 24.3 Å². The molecule has 1 saturated heterocycles. The van der Waals surface area contributed by atoms with Crippen LogP contribution in [0.2, 0.25) is 0 Å². The molecule has 1 amide bonds. The summed E-state index contributed by atoms with van der Waals surface area (Å²) in [5, 5.41) is 12.6. The van der Waals surface area contributed by atoms with Crippen LogP contribution in [-0.4, -0.2) is 56.1 Å². The highest BCUT2D eigenvalue weighted by molar-refractivity contribution is 7.89. The van der Waals surface area contributed by atoms with Gasteiger partial charge in [-0.1, -0.05) is 12.1 Å². The van der Waals surface area contributed by atoms with Crippen LogP contribution in [0.4, 0.5) is 0 Å². The van der Waals surface area contributed by atoms with Gasteiger partial charge in [-0.25, -0.2) is 8.42 Å². The molecule has 0 aromatic heterocycles. The third kappa shape index (κ3) is 4.62. The van der Waals surface area contributed by atoms with Crippen molar-refractivity contribution in [3.8, 4) is 5.75 Å². The number of nitrogens with one attached hydrogen (secondary N) is 1. The van der Waals surface area contributed by atoms with Crippen LogP contribution in [0.1, 0.15) is 38.5 Å². The zero-order valence-corrected chi connectivity index (χ0v) is 16.5. The molecular formula is C19H28N2O5S. The second-order valence-corrected chi connectivity index (χ2v) is 9.27. The number of methoxy groups -OCH3 is 1. The second-order valence-electron chi connectivity index (χ2n) is 7.37. The highest BCUT2D eigenvalue weighted by atomic mass is 32.2. The van der Waals surface area contributed by atoms with Gasteiger partial charge in [-0.15, -0.1) is 0 Å². The van der Waals surface area contributed by atoms with Gasteiger partial charge in [0.25, 0.3) is 0 Å². The Kier molecular flexibility index (Phi) is 6.39. The van der Waals surface area contributed by atoms with Crippen molar-refractivity contribution in [1.82, 2.24) is 9.62 Å². The lowest BCUT2D eigenvalue weighted by molar-refractivity contribution is -0.127. The van der Waals surface area contributed by atoms with Crippen LogP contribution in [0.5, 0.6) is 5.75 Å². The smallest absolute Gasteiger partial charge is 0.246 e. The molecule has 1 aliphatic carbocycles. The second kappa shape index (κ2) is 8.58. The fourth-order valence-corrected chi connectivity index (χ4v) is 5.56. The standard InChI is InChI=1S/C19H28N2O5S/c1-26-17-6-2-3-7-18(17)27(24,25)21-12-4-5-14(13-21)19(23)20-15-8-10-16(22)11-9-15/h2-3,6-7,14-16,22H,4-5,8-13H2,1H3,(H,20,23)/t14-,15-,16-/m0/s1. The van der Waals surface area contributed by atoms with E-state index in [1.807, 2.05) is 0 Å². The van der Waals surface area contributed by atoms with Crippen molar-refractivity contribution in [3.63, 3.8) is 0 Å². The molecule has 1 saturated carbocycles. The van der Waals surface area contributed by atoms with Crippen LogP contribution in [-0.2, 0) is 14.8 Å². The number of aliphatic hydroxyl groups is 1. The van der Waals surface area contributed by atoms with Crippen LogP contribution >= 0.6 is 0 Å². The molecule has 7 nitrogen and oxygen atoms in total. The first kappa shape index (κ1) is 20.1. The Morgan fingerprint density at radius 1 is 1.19 bits per heavy atom. The van der Waals surface area contributed by atoms with Crippen LogP contribution in [0, 0.1) is 5.92 Å². The largest absolute Gasteiger partial charge is 0.495 e. The SMILES string of the molecule is COc1ccccc1S(=O)(=O)N1CCC[C@H](C(=O)N[C@H]2CC[C@H](O)CC2)C1. The van der Waals surface area contributed by atoms with E-state index in [2.05, 4.69) is 5.32 Å². The van der Waals surface area contributed by atoms with E-state index in [0.717, 1.165) is 12.8 Å². The van der Waals surface area contributed by atoms with E-state index in [1.54, 1.807) is 18.2 Å². The zero-order chi connectivity index (χ0) is 19.4. The fraction of sp³-hybridized carbons (Fsp3) is 0.632. The topological polar surface area (TPSA) is 95.9 Å². The van der Waals surface area contributed by atoms with Crippen LogP contribution in [0.15, 0.2) is 29.2 Å². The van der Waals surface area contributed by atoms with Crippen molar-refractivity contribution in [2.75, 3.05) is 20.2 Å². The number of sulfonamides is 1. The summed E-state index contributed by atoms with van der Waals surface area (Å²) in [7, 11) is -2.27. The molecule has 0 radical (unpaired) electrons. The number of para-hydroxylation sites is 1. The van der Waals surface area contributed by atoms with E-state index in [4.69, 9.17) is 4.74 Å². The van der Waals surface area contributed by atoms with E-state index in [1.165, 1.54) is 17.5 Å². The third-order valence-electron chi connectivity index (χ3n) is 5.48. The first-order chi connectivity index (χ1) is 12.9. The number of benzene rings is 1. The molecule has 0 unspecified atom stereocenters. The third-order valence-corrected chi connectivity index (χ3v) is 7.39. The minimum atomic E-state index is -3.72. The summed E-state index contributed by atoms with van der Waals surface area (Å²) in [6.45, 7) is 0.585.